The van der Waals surface area contributed by atoms with E-state index in [-0.39, 0.29) is 64.9 Å². The van der Waals surface area contributed by atoms with Gasteiger partial charge in [0.25, 0.3) is 0 Å². The van der Waals surface area contributed by atoms with Gasteiger partial charge in [-0.1, -0.05) is 30.2 Å². The summed E-state index contributed by atoms with van der Waals surface area (Å²) in [5.74, 6) is 0.0194. The molecule has 2 heterocycles. The Hall–Kier alpha value is -1.23. The molecule has 1 saturated heterocycles. The molecule has 209 valence electrons. The molecule has 0 amide bonds. The minimum absolute atomic E-state index is 0. The summed E-state index contributed by atoms with van der Waals surface area (Å²) >= 11 is 0. The number of hydrogen-bond acceptors (Lipinski definition) is 5. The van der Waals surface area contributed by atoms with Gasteiger partial charge in [0, 0.05) is 59.0 Å². The summed E-state index contributed by atoms with van der Waals surface area (Å²) in [6.45, 7) is 6.75. The first kappa shape index (κ1) is 33.0. The molecule has 6 nitrogen and oxygen atoms in total. The molecule has 2 aromatic carbocycles. The molecule has 0 unspecified atom stereocenters. The fraction of sp³-hybridized carbons (Fsp3) is 0.571. The summed E-state index contributed by atoms with van der Waals surface area (Å²) in [4.78, 5) is 0. The number of fused-ring (bicyclic) bond motifs is 1. The second kappa shape index (κ2) is 14.4. The number of ether oxygens (including phenoxy) is 4. The van der Waals surface area contributed by atoms with E-state index in [0.717, 1.165) is 30.2 Å². The number of halogens is 3. The summed E-state index contributed by atoms with van der Waals surface area (Å²) in [5.41, 5.74) is 9.54. The van der Waals surface area contributed by atoms with Crippen LogP contribution in [0.4, 0.5) is 13.2 Å². The number of alkyl halides is 3. The average Bonchev–Trinajstić information content (AvgIpc) is 3.31. The quantitative estimate of drug-likeness (QED) is 0.361. The molecule has 2 aromatic rings. The van der Waals surface area contributed by atoms with Gasteiger partial charge >= 0.3 is 6.18 Å². The number of rotatable bonds is 8. The van der Waals surface area contributed by atoms with Gasteiger partial charge in [0.15, 0.2) is 5.79 Å². The Kier molecular flexibility index (Phi) is 12.5. The van der Waals surface area contributed by atoms with E-state index in [0.29, 0.717) is 31.4 Å². The molecule has 0 bridgehead atoms. The molecule has 0 spiro atoms. The average molecular weight is 614 g/mol. The van der Waals surface area contributed by atoms with Crippen LogP contribution in [-0.2, 0) is 67.6 Å². The SMILES string of the molecule is CC1(C)OCC([NH-])(CCc2ccc(OCCCc3ccc4c(c3)CCO4)c(C(F)(F)F)c2)CO1.CCO.[Y]. The van der Waals surface area contributed by atoms with Crippen molar-refractivity contribution < 1.29 is 69.9 Å². The fourth-order valence-electron chi connectivity index (χ4n) is 4.17. The Morgan fingerprint density at radius 2 is 1.66 bits per heavy atom. The normalized spacial score (nSPS) is 17.4. The van der Waals surface area contributed by atoms with Crippen LogP contribution in [-0.4, -0.2) is 49.5 Å². The summed E-state index contributed by atoms with van der Waals surface area (Å²) < 4.78 is 63.3. The van der Waals surface area contributed by atoms with Crippen LogP contribution < -0.4 is 9.47 Å². The number of nitrogens with one attached hydrogen (secondary N) is 1. The van der Waals surface area contributed by atoms with Gasteiger partial charge in [-0.2, -0.15) is 13.2 Å². The van der Waals surface area contributed by atoms with Crippen LogP contribution >= 0.6 is 0 Å². The standard InChI is InChI=1S/C26H31F3NO4.C2H6O.Y/c1-24(2)33-16-25(30,17-34-24)11-9-19-6-8-23(21(15-19)26(27,28)29)31-12-3-4-18-5-7-22-20(14-18)10-13-32-22;1-2-3;/h5-8,14-15,30H,3-4,9-13,16-17H2,1-2H3;3H,2H2,1H3;/q-1;;. The van der Waals surface area contributed by atoms with Crippen LogP contribution in [0, 0.1) is 0 Å². The monoisotopic (exact) mass is 613 g/mol. The van der Waals surface area contributed by atoms with Crippen molar-refractivity contribution in [2.24, 2.45) is 0 Å². The predicted molar refractivity (Wildman–Crippen MR) is 135 cm³/mol. The van der Waals surface area contributed by atoms with Gasteiger partial charge in [0.2, 0.25) is 0 Å². The zero-order valence-electron chi connectivity index (χ0n) is 22.3. The second-order valence-corrected chi connectivity index (χ2v) is 9.89. The van der Waals surface area contributed by atoms with E-state index in [2.05, 4.69) is 6.07 Å². The smallest absolute Gasteiger partial charge is 0.419 e. The topological polar surface area (TPSA) is 81.0 Å². The van der Waals surface area contributed by atoms with Crippen LogP contribution in [0.15, 0.2) is 36.4 Å². The molecule has 0 atom stereocenters. The molecule has 4 rings (SSSR count). The largest absolute Gasteiger partial charge is 0.668 e. The van der Waals surface area contributed by atoms with E-state index < -0.39 is 23.1 Å². The van der Waals surface area contributed by atoms with Crippen molar-refractivity contribution >= 4 is 0 Å². The van der Waals surface area contributed by atoms with Crippen LogP contribution in [0.25, 0.3) is 5.73 Å². The predicted octanol–water partition coefficient (Wildman–Crippen LogP) is 6.15. The van der Waals surface area contributed by atoms with Crippen molar-refractivity contribution in [3.05, 3.63) is 64.4 Å². The summed E-state index contributed by atoms with van der Waals surface area (Å²) in [5, 5.41) is 7.57. The summed E-state index contributed by atoms with van der Waals surface area (Å²) in [7, 11) is 0. The fourth-order valence-corrected chi connectivity index (χ4v) is 4.17. The Labute approximate surface area is 248 Å². The maximum Gasteiger partial charge on any atom is 0.419 e. The molecule has 2 N–H and O–H groups in total. The third kappa shape index (κ3) is 9.75. The number of benzene rings is 2. The minimum atomic E-state index is -4.52. The van der Waals surface area contributed by atoms with Crippen molar-refractivity contribution in [3.8, 4) is 11.5 Å². The summed E-state index contributed by atoms with van der Waals surface area (Å²) in [6, 6.07) is 10.2. The Balaban J connectivity index is 0.00000121. The van der Waals surface area contributed by atoms with Crippen molar-refractivity contribution in [1.82, 2.24) is 0 Å². The van der Waals surface area contributed by atoms with Crippen LogP contribution in [0.5, 0.6) is 11.5 Å². The van der Waals surface area contributed by atoms with E-state index in [9.17, 15) is 13.2 Å². The van der Waals surface area contributed by atoms with Gasteiger partial charge in [0.05, 0.1) is 18.8 Å². The molecule has 1 fully saturated rings. The third-order valence-corrected chi connectivity index (χ3v) is 6.25. The van der Waals surface area contributed by atoms with Gasteiger partial charge < -0.3 is 29.8 Å². The van der Waals surface area contributed by atoms with Crippen molar-refractivity contribution in [3.63, 3.8) is 0 Å². The molecule has 10 heteroatoms. The van der Waals surface area contributed by atoms with Gasteiger partial charge in [-0.15, -0.1) is 0 Å². The molecular formula is C28H37F3NO5Y-. The van der Waals surface area contributed by atoms with Crippen LogP contribution in [0.2, 0.25) is 0 Å². The van der Waals surface area contributed by atoms with E-state index in [1.807, 2.05) is 12.1 Å². The maximum absolute atomic E-state index is 13.7. The molecule has 0 saturated carbocycles. The molecule has 38 heavy (non-hydrogen) atoms. The maximum atomic E-state index is 13.7. The second-order valence-electron chi connectivity index (χ2n) is 9.89. The minimum Gasteiger partial charge on any atom is -0.668 e. The van der Waals surface area contributed by atoms with E-state index in [1.54, 1.807) is 26.8 Å². The van der Waals surface area contributed by atoms with Gasteiger partial charge in [0.1, 0.15) is 11.5 Å². The summed E-state index contributed by atoms with van der Waals surface area (Å²) in [6.07, 6.45) is -1.64. The number of aliphatic hydroxyl groups excluding tert-OH is 1. The van der Waals surface area contributed by atoms with E-state index >= 15 is 0 Å². The van der Waals surface area contributed by atoms with Gasteiger partial charge in [-0.05, 0) is 74.9 Å². The molecule has 2 aliphatic heterocycles. The molecule has 1 radical (unpaired) electrons. The van der Waals surface area contributed by atoms with Crippen molar-refractivity contribution in [1.29, 1.82) is 0 Å². The van der Waals surface area contributed by atoms with Crippen molar-refractivity contribution in [2.45, 2.75) is 70.4 Å². The molecule has 0 aliphatic carbocycles. The van der Waals surface area contributed by atoms with Crippen LogP contribution in [0.3, 0.4) is 0 Å². The van der Waals surface area contributed by atoms with Gasteiger partial charge in [-0.3, -0.25) is 0 Å². The number of hydrogen-bond donors (Lipinski definition) is 1. The first-order valence-corrected chi connectivity index (χ1v) is 12.7. The first-order valence-electron chi connectivity index (χ1n) is 12.7. The molecule has 0 aromatic heterocycles. The Morgan fingerprint density at radius 3 is 2.32 bits per heavy atom. The van der Waals surface area contributed by atoms with Crippen molar-refractivity contribution in [2.75, 3.05) is 33.0 Å². The Bertz CT molecular complexity index is 1020. The zero-order chi connectivity index (χ0) is 27.1. The molecule has 2 aliphatic rings. The van der Waals surface area contributed by atoms with Gasteiger partial charge in [-0.25, -0.2) is 0 Å². The Morgan fingerprint density at radius 1 is 1.03 bits per heavy atom. The third-order valence-electron chi connectivity index (χ3n) is 6.25. The molecular weight excluding hydrogens is 576 g/mol. The first-order chi connectivity index (χ1) is 17.4. The van der Waals surface area contributed by atoms with E-state index in [1.165, 1.54) is 11.6 Å². The van der Waals surface area contributed by atoms with E-state index in [4.69, 9.17) is 29.8 Å². The number of aryl methyl sites for hydroxylation is 2. The zero-order valence-corrected chi connectivity index (χ0v) is 25.2. The number of aliphatic hydroxyl groups is 1. The van der Waals surface area contributed by atoms with Crippen LogP contribution in [0.1, 0.15) is 55.9 Å².